The Bertz CT molecular complexity index is 704. The molecule has 0 saturated carbocycles. The van der Waals surface area contributed by atoms with Crippen LogP contribution in [0.3, 0.4) is 0 Å². The summed E-state index contributed by atoms with van der Waals surface area (Å²) in [5.74, 6) is 0.859. The largest absolute Gasteiger partial charge is 0.480 e. The van der Waals surface area contributed by atoms with E-state index < -0.39 is 0 Å². The summed E-state index contributed by atoms with van der Waals surface area (Å²) in [7, 11) is 3.56. The molecule has 5 nitrogen and oxygen atoms in total. The van der Waals surface area contributed by atoms with Gasteiger partial charge < -0.3 is 9.64 Å². The summed E-state index contributed by atoms with van der Waals surface area (Å²) in [5.41, 5.74) is 4.49. The number of rotatable bonds is 3. The number of hydrogen-bond acceptors (Lipinski definition) is 3. The van der Waals surface area contributed by atoms with E-state index in [9.17, 15) is 4.79 Å². The Morgan fingerprint density at radius 1 is 1.30 bits per heavy atom. The summed E-state index contributed by atoms with van der Waals surface area (Å²) in [6.45, 7) is 3.44. The van der Waals surface area contributed by atoms with Gasteiger partial charge in [-0.15, -0.1) is 5.10 Å². The van der Waals surface area contributed by atoms with Crippen molar-refractivity contribution in [1.29, 1.82) is 0 Å². The van der Waals surface area contributed by atoms with Gasteiger partial charge in [-0.3, -0.25) is 9.48 Å². The van der Waals surface area contributed by atoms with E-state index in [2.05, 4.69) is 24.2 Å². The first-order valence-electron chi connectivity index (χ1n) is 8.00. The van der Waals surface area contributed by atoms with Crippen LogP contribution in [0, 0.1) is 6.92 Å². The SMILES string of the molecule is COc1nn(C)c2c1CCCN(C(=O)Cc1ccc(C)cc1)C2. The number of ether oxygens (including phenoxy) is 1. The molecule has 0 radical (unpaired) electrons. The van der Waals surface area contributed by atoms with Crippen LogP contribution in [0.4, 0.5) is 0 Å². The lowest BCUT2D eigenvalue weighted by molar-refractivity contribution is -0.131. The monoisotopic (exact) mass is 313 g/mol. The average Bonchev–Trinajstić information content (AvgIpc) is 2.73. The normalized spacial score (nSPS) is 14.3. The van der Waals surface area contributed by atoms with E-state index in [1.54, 1.807) is 7.11 Å². The van der Waals surface area contributed by atoms with E-state index >= 15 is 0 Å². The highest BCUT2D eigenvalue weighted by Crippen LogP contribution is 2.26. The zero-order valence-corrected chi connectivity index (χ0v) is 14.0. The van der Waals surface area contributed by atoms with Gasteiger partial charge in [0.15, 0.2) is 0 Å². The third kappa shape index (κ3) is 3.23. The van der Waals surface area contributed by atoms with Gasteiger partial charge in [-0.2, -0.15) is 0 Å². The Balaban J connectivity index is 1.76. The summed E-state index contributed by atoms with van der Waals surface area (Å²) < 4.78 is 7.20. The topological polar surface area (TPSA) is 47.4 Å². The third-order valence-electron chi connectivity index (χ3n) is 4.46. The van der Waals surface area contributed by atoms with Crippen molar-refractivity contribution < 1.29 is 9.53 Å². The molecule has 2 heterocycles. The third-order valence-corrected chi connectivity index (χ3v) is 4.46. The number of benzene rings is 1. The van der Waals surface area contributed by atoms with Crippen molar-refractivity contribution in [2.24, 2.45) is 7.05 Å². The van der Waals surface area contributed by atoms with Gasteiger partial charge in [-0.25, -0.2) is 0 Å². The lowest BCUT2D eigenvalue weighted by atomic mass is 10.1. The summed E-state index contributed by atoms with van der Waals surface area (Å²) in [6.07, 6.45) is 2.29. The van der Waals surface area contributed by atoms with Crippen LogP contribution in [0.5, 0.6) is 5.88 Å². The number of methoxy groups -OCH3 is 1. The van der Waals surface area contributed by atoms with E-state index in [1.807, 2.05) is 28.8 Å². The summed E-state index contributed by atoms with van der Waals surface area (Å²) >= 11 is 0. The minimum Gasteiger partial charge on any atom is -0.480 e. The zero-order chi connectivity index (χ0) is 16.4. The maximum Gasteiger partial charge on any atom is 0.236 e. The first-order valence-corrected chi connectivity index (χ1v) is 8.00. The van der Waals surface area contributed by atoms with Crippen molar-refractivity contribution in [2.75, 3.05) is 13.7 Å². The predicted octanol–water partition coefficient (Wildman–Crippen LogP) is 2.25. The van der Waals surface area contributed by atoms with Crippen LogP contribution in [0.1, 0.15) is 28.8 Å². The highest BCUT2D eigenvalue weighted by Gasteiger charge is 2.25. The van der Waals surface area contributed by atoms with Gasteiger partial charge in [-0.1, -0.05) is 29.8 Å². The molecule has 1 aliphatic rings. The number of amides is 1. The number of hydrogen-bond donors (Lipinski definition) is 0. The van der Waals surface area contributed by atoms with Gasteiger partial charge in [0.25, 0.3) is 0 Å². The lowest BCUT2D eigenvalue weighted by Gasteiger charge is -2.21. The molecule has 0 fully saturated rings. The van der Waals surface area contributed by atoms with Crippen molar-refractivity contribution in [1.82, 2.24) is 14.7 Å². The number of aromatic nitrogens is 2. The Hall–Kier alpha value is -2.30. The number of aryl methyl sites for hydroxylation is 2. The van der Waals surface area contributed by atoms with Crippen LogP contribution >= 0.6 is 0 Å². The van der Waals surface area contributed by atoms with Gasteiger partial charge >= 0.3 is 0 Å². The van der Waals surface area contributed by atoms with Gasteiger partial charge in [-0.05, 0) is 25.3 Å². The molecule has 0 unspecified atom stereocenters. The molecule has 23 heavy (non-hydrogen) atoms. The van der Waals surface area contributed by atoms with Gasteiger partial charge in [0.2, 0.25) is 11.8 Å². The van der Waals surface area contributed by atoms with Gasteiger partial charge in [0.1, 0.15) is 0 Å². The summed E-state index contributed by atoms with van der Waals surface area (Å²) in [4.78, 5) is 14.6. The maximum absolute atomic E-state index is 12.7. The van der Waals surface area contributed by atoms with Crippen molar-refractivity contribution >= 4 is 5.91 Å². The highest BCUT2D eigenvalue weighted by molar-refractivity contribution is 5.78. The molecule has 1 aromatic carbocycles. The lowest BCUT2D eigenvalue weighted by Crippen LogP contribution is -2.32. The molecule has 0 aliphatic carbocycles. The molecule has 0 N–H and O–H groups in total. The molecular formula is C18H23N3O2. The van der Waals surface area contributed by atoms with Crippen LogP contribution in [0.25, 0.3) is 0 Å². The van der Waals surface area contributed by atoms with Crippen molar-refractivity contribution in [3.63, 3.8) is 0 Å². The molecule has 1 amide bonds. The van der Waals surface area contributed by atoms with Gasteiger partial charge in [0, 0.05) is 19.2 Å². The molecule has 122 valence electrons. The Kier molecular flexibility index (Phi) is 4.37. The molecule has 0 atom stereocenters. The summed E-state index contributed by atoms with van der Waals surface area (Å²) in [6, 6.07) is 8.16. The molecular weight excluding hydrogens is 290 g/mol. The first-order chi connectivity index (χ1) is 11.1. The molecule has 0 spiro atoms. The van der Waals surface area contributed by atoms with Crippen molar-refractivity contribution in [2.45, 2.75) is 32.7 Å². The molecule has 2 aromatic rings. The molecule has 1 aliphatic heterocycles. The number of carbonyl (C=O) groups is 1. The predicted molar refractivity (Wildman–Crippen MR) is 88.4 cm³/mol. The fourth-order valence-corrected chi connectivity index (χ4v) is 3.10. The Labute approximate surface area is 136 Å². The standard InChI is InChI=1S/C18H23N3O2/c1-13-6-8-14(9-7-13)11-17(22)21-10-4-5-15-16(12-21)20(2)19-18(15)23-3/h6-9H,4-5,10-12H2,1-3H3. The fraction of sp³-hybridized carbons (Fsp3) is 0.444. The van der Waals surface area contributed by atoms with Crippen molar-refractivity contribution in [3.8, 4) is 5.88 Å². The van der Waals surface area contributed by atoms with Crippen LogP contribution < -0.4 is 4.74 Å². The molecule has 5 heteroatoms. The maximum atomic E-state index is 12.7. The quantitative estimate of drug-likeness (QED) is 0.873. The smallest absolute Gasteiger partial charge is 0.236 e. The number of nitrogens with zero attached hydrogens (tertiary/aromatic N) is 3. The molecule has 0 saturated heterocycles. The Morgan fingerprint density at radius 3 is 2.74 bits per heavy atom. The van der Waals surface area contributed by atoms with E-state index in [0.29, 0.717) is 18.8 Å². The van der Waals surface area contributed by atoms with E-state index in [4.69, 9.17) is 4.74 Å². The average molecular weight is 313 g/mol. The van der Waals surface area contributed by atoms with Crippen LogP contribution in [-0.2, 0) is 31.2 Å². The highest BCUT2D eigenvalue weighted by atomic mass is 16.5. The second-order valence-corrected chi connectivity index (χ2v) is 6.14. The molecule has 3 rings (SSSR count). The minimum atomic E-state index is 0.168. The van der Waals surface area contributed by atoms with Crippen LogP contribution in [0.2, 0.25) is 0 Å². The van der Waals surface area contributed by atoms with Crippen molar-refractivity contribution in [3.05, 3.63) is 46.6 Å². The second-order valence-electron chi connectivity index (χ2n) is 6.14. The van der Waals surface area contributed by atoms with E-state index in [0.717, 1.165) is 36.2 Å². The molecule has 0 bridgehead atoms. The fourth-order valence-electron chi connectivity index (χ4n) is 3.10. The Morgan fingerprint density at radius 2 is 2.04 bits per heavy atom. The van der Waals surface area contributed by atoms with Gasteiger partial charge in [0.05, 0.1) is 25.8 Å². The van der Waals surface area contributed by atoms with Crippen LogP contribution in [0.15, 0.2) is 24.3 Å². The summed E-state index contributed by atoms with van der Waals surface area (Å²) in [5, 5.41) is 4.40. The van der Waals surface area contributed by atoms with E-state index in [1.165, 1.54) is 5.56 Å². The molecule has 1 aromatic heterocycles. The zero-order valence-electron chi connectivity index (χ0n) is 14.0. The number of fused-ring (bicyclic) bond motifs is 1. The van der Waals surface area contributed by atoms with Crippen LogP contribution in [-0.4, -0.2) is 34.2 Å². The second kappa shape index (κ2) is 6.44. The first kappa shape index (κ1) is 15.6. The minimum absolute atomic E-state index is 0.168. The number of carbonyl (C=O) groups excluding carboxylic acids is 1. The van der Waals surface area contributed by atoms with E-state index in [-0.39, 0.29) is 5.91 Å².